The van der Waals surface area contributed by atoms with Gasteiger partial charge in [0.15, 0.2) is 17.3 Å². The molecule has 3 heterocycles. The lowest BCUT2D eigenvalue weighted by atomic mass is 10.0. The van der Waals surface area contributed by atoms with Crippen molar-refractivity contribution in [3.05, 3.63) is 78.6 Å². The molecule has 0 atom stereocenters. The Bertz CT molecular complexity index is 1140. The third-order valence-electron chi connectivity index (χ3n) is 4.73. The summed E-state index contributed by atoms with van der Waals surface area (Å²) < 4.78 is 23.6. The molecule has 0 unspecified atom stereocenters. The molecule has 3 aromatic heterocycles. The summed E-state index contributed by atoms with van der Waals surface area (Å²) in [6, 6.07) is 10.6. The van der Waals surface area contributed by atoms with Crippen molar-refractivity contribution in [1.82, 2.24) is 9.55 Å². The zero-order valence-corrected chi connectivity index (χ0v) is 16.8. The second-order valence-electron chi connectivity index (χ2n) is 6.42. The second kappa shape index (κ2) is 8.16. The van der Waals surface area contributed by atoms with Crippen LogP contribution in [0.15, 0.2) is 71.9 Å². The highest BCUT2D eigenvalue weighted by molar-refractivity contribution is 6.13. The van der Waals surface area contributed by atoms with E-state index in [4.69, 9.17) is 18.6 Å². The molecule has 7 nitrogen and oxygen atoms in total. The fourth-order valence-corrected chi connectivity index (χ4v) is 3.29. The molecule has 0 saturated heterocycles. The number of carbonyl (C=O) groups excluding carboxylic acids is 1. The van der Waals surface area contributed by atoms with Gasteiger partial charge in [0.05, 0.1) is 45.0 Å². The van der Waals surface area contributed by atoms with Crippen molar-refractivity contribution in [3.63, 3.8) is 0 Å². The minimum atomic E-state index is -0.205. The highest BCUT2D eigenvalue weighted by Crippen LogP contribution is 2.39. The van der Waals surface area contributed by atoms with Gasteiger partial charge in [0.2, 0.25) is 5.75 Å². The van der Waals surface area contributed by atoms with Crippen LogP contribution in [-0.2, 0) is 0 Å². The summed E-state index contributed by atoms with van der Waals surface area (Å²) in [6.45, 7) is 0. The highest BCUT2D eigenvalue weighted by Gasteiger charge is 2.23. The summed E-state index contributed by atoms with van der Waals surface area (Å²) in [6.07, 6.45) is 8.61. The fourth-order valence-electron chi connectivity index (χ4n) is 3.29. The van der Waals surface area contributed by atoms with Gasteiger partial charge >= 0.3 is 0 Å². The number of benzene rings is 1. The molecular formula is C23H20N2O5. The highest BCUT2D eigenvalue weighted by atomic mass is 16.5. The number of ether oxygens (including phenoxy) is 3. The van der Waals surface area contributed by atoms with Crippen molar-refractivity contribution in [2.45, 2.75) is 0 Å². The molecule has 7 heteroatoms. The molecule has 4 aromatic rings. The quantitative estimate of drug-likeness (QED) is 0.425. The maximum Gasteiger partial charge on any atom is 0.203 e. The molecule has 0 bridgehead atoms. The standard InChI is InChI=1S/C23H20N2O5/c1-27-20-10-15(11-21(28-2)23(20)29-3)22(26)18-14-25(16-6-4-8-24-12-16)13-17(18)19-7-5-9-30-19/h4-14H,1-3H3. The number of rotatable bonds is 7. The Morgan fingerprint density at radius 1 is 1.00 bits per heavy atom. The third kappa shape index (κ3) is 3.41. The van der Waals surface area contributed by atoms with Gasteiger partial charge in [-0.1, -0.05) is 0 Å². The van der Waals surface area contributed by atoms with E-state index < -0.39 is 0 Å². The maximum absolute atomic E-state index is 13.5. The summed E-state index contributed by atoms with van der Waals surface area (Å²) in [5.74, 6) is 1.63. The molecule has 1 aromatic carbocycles. The van der Waals surface area contributed by atoms with Gasteiger partial charge in [-0.25, -0.2) is 0 Å². The van der Waals surface area contributed by atoms with Crippen molar-refractivity contribution >= 4 is 5.78 Å². The van der Waals surface area contributed by atoms with Crippen LogP contribution in [0.25, 0.3) is 17.0 Å². The van der Waals surface area contributed by atoms with Gasteiger partial charge in [-0.2, -0.15) is 0 Å². The van der Waals surface area contributed by atoms with E-state index in [2.05, 4.69) is 4.98 Å². The normalized spacial score (nSPS) is 10.6. The van der Waals surface area contributed by atoms with Crippen LogP contribution >= 0.6 is 0 Å². The molecule has 4 rings (SSSR count). The van der Waals surface area contributed by atoms with Gasteiger partial charge in [-0.15, -0.1) is 0 Å². The Labute approximate surface area is 173 Å². The van der Waals surface area contributed by atoms with Crippen LogP contribution in [0.1, 0.15) is 15.9 Å². The predicted octanol–water partition coefficient (Wildman–Crippen LogP) is 4.39. The summed E-state index contributed by atoms with van der Waals surface area (Å²) >= 11 is 0. The second-order valence-corrected chi connectivity index (χ2v) is 6.42. The number of hydrogen-bond donors (Lipinski definition) is 0. The topological polar surface area (TPSA) is 75.7 Å². The minimum absolute atomic E-state index is 0.205. The number of furan rings is 1. The third-order valence-corrected chi connectivity index (χ3v) is 4.73. The number of ketones is 1. The van der Waals surface area contributed by atoms with Gasteiger partial charge in [-0.05, 0) is 36.4 Å². The lowest BCUT2D eigenvalue weighted by molar-refractivity contribution is 0.103. The smallest absolute Gasteiger partial charge is 0.203 e. The Morgan fingerprint density at radius 3 is 2.33 bits per heavy atom. The summed E-state index contributed by atoms with van der Waals surface area (Å²) in [5.41, 5.74) is 2.38. The van der Waals surface area contributed by atoms with E-state index >= 15 is 0 Å². The van der Waals surface area contributed by atoms with E-state index in [9.17, 15) is 4.79 Å². The molecular weight excluding hydrogens is 384 g/mol. The van der Waals surface area contributed by atoms with Crippen LogP contribution in [0.5, 0.6) is 17.2 Å². The summed E-state index contributed by atoms with van der Waals surface area (Å²) in [4.78, 5) is 17.7. The first-order chi connectivity index (χ1) is 14.7. The van der Waals surface area contributed by atoms with Gasteiger partial charge in [0.25, 0.3) is 0 Å². The van der Waals surface area contributed by atoms with E-state index in [-0.39, 0.29) is 5.78 Å². The minimum Gasteiger partial charge on any atom is -0.493 e. The number of carbonyl (C=O) groups is 1. The Morgan fingerprint density at radius 2 is 1.77 bits per heavy atom. The van der Waals surface area contributed by atoms with Crippen molar-refractivity contribution < 1.29 is 23.4 Å². The van der Waals surface area contributed by atoms with Gasteiger partial charge in [-0.3, -0.25) is 9.78 Å². The largest absolute Gasteiger partial charge is 0.493 e. The van der Waals surface area contributed by atoms with Gasteiger partial charge < -0.3 is 23.2 Å². The van der Waals surface area contributed by atoms with Crippen molar-refractivity contribution in [2.24, 2.45) is 0 Å². The molecule has 30 heavy (non-hydrogen) atoms. The van der Waals surface area contributed by atoms with Crippen molar-refractivity contribution in [2.75, 3.05) is 21.3 Å². The van der Waals surface area contributed by atoms with Crippen LogP contribution in [-0.4, -0.2) is 36.7 Å². The molecule has 0 fully saturated rings. The molecule has 0 radical (unpaired) electrons. The first kappa shape index (κ1) is 19.3. The van der Waals surface area contributed by atoms with Crippen LogP contribution in [0.4, 0.5) is 0 Å². The average Bonchev–Trinajstić information content (AvgIpc) is 3.48. The molecule has 0 spiro atoms. The fraction of sp³-hybridized carbons (Fsp3) is 0.130. The molecule has 0 N–H and O–H groups in total. The molecule has 152 valence electrons. The molecule has 0 saturated carbocycles. The number of aromatic nitrogens is 2. The lowest BCUT2D eigenvalue weighted by Crippen LogP contribution is -2.04. The number of nitrogens with zero attached hydrogens (tertiary/aromatic N) is 2. The van der Waals surface area contributed by atoms with E-state index in [1.807, 2.05) is 29.0 Å². The van der Waals surface area contributed by atoms with Crippen molar-refractivity contribution in [1.29, 1.82) is 0 Å². The van der Waals surface area contributed by atoms with E-state index in [1.54, 1.807) is 43.1 Å². The summed E-state index contributed by atoms with van der Waals surface area (Å²) in [7, 11) is 4.54. The number of pyridine rings is 1. The van der Waals surface area contributed by atoms with Crippen LogP contribution in [0, 0.1) is 0 Å². The number of methoxy groups -OCH3 is 3. The van der Waals surface area contributed by atoms with Crippen LogP contribution in [0.2, 0.25) is 0 Å². The molecule has 0 aliphatic carbocycles. The predicted molar refractivity (Wildman–Crippen MR) is 111 cm³/mol. The van der Waals surface area contributed by atoms with E-state index in [0.29, 0.717) is 39.7 Å². The lowest BCUT2D eigenvalue weighted by Gasteiger charge is -2.13. The summed E-state index contributed by atoms with van der Waals surface area (Å²) in [5, 5.41) is 0. The Hall–Kier alpha value is -4.00. The van der Waals surface area contributed by atoms with Crippen LogP contribution < -0.4 is 14.2 Å². The molecule has 0 aliphatic rings. The van der Waals surface area contributed by atoms with Crippen LogP contribution in [0.3, 0.4) is 0 Å². The van der Waals surface area contributed by atoms with Gasteiger partial charge in [0.1, 0.15) is 5.76 Å². The monoisotopic (exact) mass is 404 g/mol. The zero-order chi connectivity index (χ0) is 21.1. The Kier molecular flexibility index (Phi) is 5.26. The van der Waals surface area contributed by atoms with E-state index in [0.717, 1.165) is 5.69 Å². The average molecular weight is 404 g/mol. The number of hydrogen-bond acceptors (Lipinski definition) is 6. The SMILES string of the molecule is COc1cc(C(=O)c2cn(-c3cccnc3)cc2-c2ccco2)cc(OC)c1OC. The molecule has 0 amide bonds. The first-order valence-corrected chi connectivity index (χ1v) is 9.17. The first-order valence-electron chi connectivity index (χ1n) is 9.17. The van der Waals surface area contributed by atoms with Crippen molar-refractivity contribution in [3.8, 4) is 34.3 Å². The zero-order valence-electron chi connectivity index (χ0n) is 16.8. The maximum atomic E-state index is 13.5. The van der Waals surface area contributed by atoms with Gasteiger partial charge in [0, 0.05) is 29.7 Å². The van der Waals surface area contributed by atoms with E-state index in [1.165, 1.54) is 21.3 Å². The Balaban J connectivity index is 1.86. The molecule has 0 aliphatic heterocycles.